The smallest absolute Gasteiger partial charge is 0.410 e. The minimum absolute atomic E-state index is 0.0671. The lowest BCUT2D eigenvalue weighted by molar-refractivity contribution is -0.141. The molecule has 1 aromatic carbocycles. The third-order valence-electron chi connectivity index (χ3n) is 8.50. The highest BCUT2D eigenvalue weighted by Crippen LogP contribution is 2.38. The van der Waals surface area contributed by atoms with Gasteiger partial charge in [-0.1, -0.05) is 18.2 Å². The molecule has 3 atom stereocenters. The van der Waals surface area contributed by atoms with E-state index in [0.717, 1.165) is 16.8 Å². The Balaban J connectivity index is 1.39. The van der Waals surface area contributed by atoms with Gasteiger partial charge in [0.1, 0.15) is 28.4 Å². The molecule has 2 aliphatic rings. The monoisotopic (exact) mass is 651 g/mol. The molecule has 13 heteroatoms. The fourth-order valence-electron chi connectivity index (χ4n) is 5.90. The molecular formula is C33H41N5O7S. The number of carboxylic acid groups (broad SMARTS) is 1. The molecule has 2 fully saturated rings. The minimum atomic E-state index is -1.12. The van der Waals surface area contributed by atoms with Gasteiger partial charge in [-0.3, -0.25) is 14.5 Å². The zero-order valence-corrected chi connectivity index (χ0v) is 27.6. The Morgan fingerprint density at radius 3 is 2.54 bits per heavy atom. The maximum atomic E-state index is 14.3. The number of benzene rings is 1. The van der Waals surface area contributed by atoms with E-state index in [0.29, 0.717) is 55.8 Å². The van der Waals surface area contributed by atoms with Crippen molar-refractivity contribution < 1.29 is 33.8 Å². The number of rotatable bonds is 8. The van der Waals surface area contributed by atoms with Crippen LogP contribution >= 0.6 is 11.3 Å². The average Bonchev–Trinajstić information content (AvgIpc) is 3.72. The van der Waals surface area contributed by atoms with Crippen molar-refractivity contribution in [2.45, 2.75) is 77.1 Å². The summed E-state index contributed by atoms with van der Waals surface area (Å²) >= 11 is 1.42. The Kier molecular flexibility index (Phi) is 9.92. The first-order valence-electron chi connectivity index (χ1n) is 15.6. The minimum Gasteiger partial charge on any atom is -0.477 e. The van der Waals surface area contributed by atoms with E-state index in [9.17, 15) is 24.3 Å². The molecule has 2 saturated heterocycles. The molecule has 0 saturated carbocycles. The number of nitrogens with one attached hydrogen (secondary N) is 1. The number of hydrogen-bond acceptors (Lipinski definition) is 9. The lowest BCUT2D eigenvalue weighted by Crippen LogP contribution is -2.57. The SMILES string of the molecule is C[C@@H](C(=O)N[C@H](C(=O)N1CCC[C@H]1c1nc(-c2cc(C(=O)O)nc3ccccc23)cs1)C1CCOCC1)N(C)C(=O)OC(C)(C)C. The van der Waals surface area contributed by atoms with Gasteiger partial charge in [-0.15, -0.1) is 11.3 Å². The second-order valence-corrected chi connectivity index (χ2v) is 13.7. The summed E-state index contributed by atoms with van der Waals surface area (Å²) in [7, 11) is 1.51. The zero-order chi connectivity index (χ0) is 33.2. The van der Waals surface area contributed by atoms with Crippen molar-refractivity contribution in [3.8, 4) is 11.3 Å². The van der Waals surface area contributed by atoms with Crippen LogP contribution in [0, 0.1) is 5.92 Å². The summed E-state index contributed by atoms with van der Waals surface area (Å²) in [6.07, 6.45) is 2.10. The van der Waals surface area contributed by atoms with E-state index in [4.69, 9.17) is 14.5 Å². The van der Waals surface area contributed by atoms with Crippen molar-refractivity contribution in [2.24, 2.45) is 5.92 Å². The third-order valence-corrected chi connectivity index (χ3v) is 9.44. The normalized spacial score (nSPS) is 18.6. The van der Waals surface area contributed by atoms with Gasteiger partial charge in [-0.05, 0) is 71.4 Å². The Hall–Kier alpha value is -4.10. The Labute approximate surface area is 272 Å². The molecule has 0 unspecified atom stereocenters. The number of aromatic nitrogens is 2. The van der Waals surface area contributed by atoms with Gasteiger partial charge in [0.05, 0.1) is 17.3 Å². The first-order valence-corrected chi connectivity index (χ1v) is 16.5. The maximum absolute atomic E-state index is 14.3. The van der Waals surface area contributed by atoms with E-state index in [-0.39, 0.29) is 23.6 Å². The van der Waals surface area contributed by atoms with E-state index in [1.807, 2.05) is 23.6 Å². The zero-order valence-electron chi connectivity index (χ0n) is 26.8. The summed E-state index contributed by atoms with van der Waals surface area (Å²) in [5.41, 5.74) is 1.06. The van der Waals surface area contributed by atoms with Crippen molar-refractivity contribution in [3.63, 3.8) is 0 Å². The molecule has 5 rings (SSSR count). The van der Waals surface area contributed by atoms with Gasteiger partial charge in [0, 0.05) is 43.1 Å². The average molecular weight is 652 g/mol. The summed E-state index contributed by atoms with van der Waals surface area (Å²) < 4.78 is 11.0. The number of likely N-dealkylation sites (N-methyl/N-ethyl adjacent to an activating group) is 1. The first kappa shape index (κ1) is 33.3. The maximum Gasteiger partial charge on any atom is 0.410 e. The quantitative estimate of drug-likeness (QED) is 0.347. The number of ether oxygens (including phenoxy) is 2. The summed E-state index contributed by atoms with van der Waals surface area (Å²) in [4.78, 5) is 64.5. The molecule has 2 aromatic heterocycles. The number of carboxylic acids is 1. The number of aromatic carboxylic acids is 1. The lowest BCUT2D eigenvalue weighted by atomic mass is 9.90. The summed E-state index contributed by atoms with van der Waals surface area (Å²) in [6.45, 7) is 8.39. The van der Waals surface area contributed by atoms with Gasteiger partial charge in [0.2, 0.25) is 11.8 Å². The number of pyridine rings is 1. The van der Waals surface area contributed by atoms with Crippen molar-refractivity contribution in [1.82, 2.24) is 25.1 Å². The van der Waals surface area contributed by atoms with E-state index in [1.165, 1.54) is 29.4 Å². The summed E-state index contributed by atoms with van der Waals surface area (Å²) in [6, 6.07) is 6.91. The molecular weight excluding hydrogens is 610 g/mol. The van der Waals surface area contributed by atoms with E-state index < -0.39 is 35.7 Å². The van der Waals surface area contributed by atoms with Gasteiger partial charge in [0.25, 0.3) is 0 Å². The molecule has 2 aliphatic heterocycles. The van der Waals surface area contributed by atoms with Crippen LogP contribution in [0.3, 0.4) is 0 Å². The molecule has 0 radical (unpaired) electrons. The molecule has 0 spiro atoms. The number of carbonyl (C=O) groups excluding carboxylic acids is 3. The van der Waals surface area contributed by atoms with E-state index in [1.54, 1.807) is 38.7 Å². The van der Waals surface area contributed by atoms with Crippen LogP contribution in [0.25, 0.3) is 22.2 Å². The lowest BCUT2D eigenvalue weighted by Gasteiger charge is -2.36. The molecule has 0 aliphatic carbocycles. The number of carbonyl (C=O) groups is 4. The first-order chi connectivity index (χ1) is 21.8. The van der Waals surface area contributed by atoms with Crippen molar-refractivity contribution >= 4 is 46.1 Å². The summed E-state index contributed by atoms with van der Waals surface area (Å²) in [5, 5.41) is 16.1. The highest BCUT2D eigenvalue weighted by molar-refractivity contribution is 7.10. The topological polar surface area (TPSA) is 151 Å². The molecule has 246 valence electrons. The fourth-order valence-corrected chi connectivity index (χ4v) is 6.86. The van der Waals surface area contributed by atoms with Crippen LogP contribution < -0.4 is 5.32 Å². The summed E-state index contributed by atoms with van der Waals surface area (Å²) in [5.74, 6) is -1.88. The van der Waals surface area contributed by atoms with Crippen LogP contribution in [-0.4, -0.2) is 93.2 Å². The van der Waals surface area contributed by atoms with Crippen molar-refractivity contribution in [1.29, 1.82) is 0 Å². The Morgan fingerprint density at radius 2 is 1.85 bits per heavy atom. The second kappa shape index (κ2) is 13.7. The molecule has 3 amide bonds. The number of amides is 3. The van der Waals surface area contributed by atoms with Gasteiger partial charge < -0.3 is 24.8 Å². The van der Waals surface area contributed by atoms with Gasteiger partial charge in [-0.2, -0.15) is 0 Å². The fraction of sp³-hybridized carbons (Fsp3) is 0.515. The predicted octanol–water partition coefficient (Wildman–Crippen LogP) is 4.89. The number of thiazole rings is 1. The van der Waals surface area contributed by atoms with Crippen molar-refractivity contribution in [2.75, 3.05) is 26.8 Å². The van der Waals surface area contributed by atoms with Crippen molar-refractivity contribution in [3.05, 3.63) is 46.4 Å². The van der Waals surface area contributed by atoms with Crippen LogP contribution in [0.5, 0.6) is 0 Å². The van der Waals surface area contributed by atoms with Crippen LogP contribution in [0.2, 0.25) is 0 Å². The van der Waals surface area contributed by atoms with Gasteiger partial charge in [-0.25, -0.2) is 19.6 Å². The van der Waals surface area contributed by atoms with E-state index in [2.05, 4.69) is 10.3 Å². The highest BCUT2D eigenvalue weighted by atomic mass is 32.1. The number of likely N-dealkylation sites (tertiary alicyclic amines) is 1. The third kappa shape index (κ3) is 7.31. The predicted molar refractivity (Wildman–Crippen MR) is 172 cm³/mol. The van der Waals surface area contributed by atoms with Crippen LogP contribution in [0.1, 0.15) is 74.9 Å². The van der Waals surface area contributed by atoms with Crippen LogP contribution in [-0.2, 0) is 19.1 Å². The standard InChI is InChI=1S/C33H41N5O7S/c1-19(37(5)32(43)45-33(2,3)4)28(39)36-27(20-12-15-44-16-13-20)30(40)38-14-8-11-26(38)29-35-25(18-46-29)22-17-24(31(41)42)34-23-10-7-6-9-21(22)23/h6-7,9-10,17-20,26-27H,8,11-16H2,1-5H3,(H,36,39)(H,41,42)/t19-,26-,27-/m0/s1. The molecule has 46 heavy (non-hydrogen) atoms. The van der Waals surface area contributed by atoms with Crippen LogP contribution in [0.15, 0.2) is 35.7 Å². The Morgan fingerprint density at radius 1 is 1.13 bits per heavy atom. The molecule has 4 heterocycles. The van der Waals surface area contributed by atoms with Gasteiger partial charge in [0.15, 0.2) is 0 Å². The molecule has 2 N–H and O–H groups in total. The van der Waals surface area contributed by atoms with E-state index >= 15 is 0 Å². The van der Waals surface area contributed by atoms with Crippen LogP contribution in [0.4, 0.5) is 4.79 Å². The second-order valence-electron chi connectivity index (χ2n) is 12.8. The highest BCUT2D eigenvalue weighted by Gasteiger charge is 2.41. The Bertz CT molecular complexity index is 1610. The number of hydrogen-bond donors (Lipinski definition) is 2. The molecule has 12 nitrogen and oxygen atoms in total. The largest absolute Gasteiger partial charge is 0.477 e. The molecule has 3 aromatic rings. The number of para-hydroxylation sites is 1. The molecule has 0 bridgehead atoms. The number of fused-ring (bicyclic) bond motifs is 1. The number of nitrogens with zero attached hydrogens (tertiary/aromatic N) is 4. The van der Waals surface area contributed by atoms with Gasteiger partial charge >= 0.3 is 12.1 Å².